The summed E-state index contributed by atoms with van der Waals surface area (Å²) in [6.07, 6.45) is 2.81. The lowest BCUT2D eigenvalue weighted by Crippen LogP contribution is -2.52. The Kier molecular flexibility index (Phi) is 6.43. The molecule has 2 amide bonds. The Morgan fingerprint density at radius 2 is 1.32 bits per heavy atom. The Labute approximate surface area is 177 Å². The lowest BCUT2D eigenvalue weighted by atomic mass is 9.95. The summed E-state index contributed by atoms with van der Waals surface area (Å²) in [5.41, 5.74) is -0.0726. The van der Waals surface area contributed by atoms with E-state index in [1.165, 1.54) is 36.4 Å². The summed E-state index contributed by atoms with van der Waals surface area (Å²) in [6.45, 7) is -0.264. The number of hydrogen-bond acceptors (Lipinski definition) is 7. The van der Waals surface area contributed by atoms with Crippen LogP contribution in [0.5, 0.6) is 0 Å². The lowest BCUT2D eigenvalue weighted by molar-refractivity contribution is -0.385. The molecule has 1 aliphatic carbocycles. The number of nitrogens with zero attached hydrogens (tertiary/aromatic N) is 2. The van der Waals surface area contributed by atoms with Crippen LogP contribution in [0, 0.1) is 20.2 Å². The second kappa shape index (κ2) is 9.20. The molecule has 3 rings (SSSR count). The van der Waals surface area contributed by atoms with Gasteiger partial charge in [0.25, 0.3) is 11.4 Å². The molecule has 1 aliphatic rings. The van der Waals surface area contributed by atoms with Crippen LogP contribution in [0.15, 0.2) is 48.5 Å². The summed E-state index contributed by atoms with van der Waals surface area (Å²) in [4.78, 5) is 45.5. The Hall–Kier alpha value is -4.02. The number of carbonyl (C=O) groups is 2. The maximum Gasteiger partial charge on any atom is 0.269 e. The molecule has 11 nitrogen and oxygen atoms in total. The molecule has 0 saturated heterocycles. The van der Waals surface area contributed by atoms with Crippen LogP contribution < -0.4 is 16.0 Å². The predicted molar refractivity (Wildman–Crippen MR) is 113 cm³/mol. The van der Waals surface area contributed by atoms with Gasteiger partial charge in [0.1, 0.15) is 5.54 Å². The molecule has 0 radical (unpaired) electrons. The van der Waals surface area contributed by atoms with Crippen LogP contribution in [0.1, 0.15) is 25.7 Å². The molecule has 2 aromatic rings. The zero-order chi connectivity index (χ0) is 22.4. The van der Waals surface area contributed by atoms with Crippen molar-refractivity contribution in [1.82, 2.24) is 5.32 Å². The molecular weight excluding hydrogens is 406 g/mol. The van der Waals surface area contributed by atoms with E-state index in [0.717, 1.165) is 12.8 Å². The number of non-ortho nitro benzene ring substituents is 2. The van der Waals surface area contributed by atoms with E-state index in [9.17, 15) is 29.8 Å². The molecule has 3 N–H and O–H groups in total. The minimum absolute atomic E-state index is 0.0432. The summed E-state index contributed by atoms with van der Waals surface area (Å²) in [7, 11) is 0. The number of carbonyl (C=O) groups excluding carboxylic acids is 2. The van der Waals surface area contributed by atoms with Gasteiger partial charge in [-0.25, -0.2) is 0 Å². The van der Waals surface area contributed by atoms with Gasteiger partial charge in [0, 0.05) is 35.6 Å². The highest BCUT2D eigenvalue weighted by atomic mass is 16.6. The number of benzene rings is 2. The lowest BCUT2D eigenvalue weighted by Gasteiger charge is -2.30. The highest BCUT2D eigenvalue weighted by Crippen LogP contribution is 2.34. The van der Waals surface area contributed by atoms with Crippen LogP contribution in [0.3, 0.4) is 0 Å². The van der Waals surface area contributed by atoms with E-state index < -0.39 is 21.3 Å². The Bertz CT molecular complexity index is 984. The second-order valence-electron chi connectivity index (χ2n) is 7.25. The van der Waals surface area contributed by atoms with Crippen molar-refractivity contribution >= 4 is 34.6 Å². The first-order chi connectivity index (χ1) is 14.8. The minimum atomic E-state index is -0.899. The SMILES string of the molecule is O=C(CNC(=O)C1(Nc2ccc([N+](=O)[O-])cc2)CCCC1)Nc1ccc([N+](=O)[O-])cc1. The predicted octanol–water partition coefficient (Wildman–Crippen LogP) is 2.98. The van der Waals surface area contributed by atoms with Crippen molar-refractivity contribution in [1.29, 1.82) is 0 Å². The number of hydrogen-bond donors (Lipinski definition) is 3. The number of anilines is 2. The molecule has 0 heterocycles. The molecule has 0 bridgehead atoms. The van der Waals surface area contributed by atoms with Crippen molar-refractivity contribution in [3.8, 4) is 0 Å². The van der Waals surface area contributed by atoms with Gasteiger partial charge in [-0.2, -0.15) is 0 Å². The van der Waals surface area contributed by atoms with Gasteiger partial charge in [0.15, 0.2) is 0 Å². The average Bonchev–Trinajstić information content (AvgIpc) is 3.22. The van der Waals surface area contributed by atoms with Gasteiger partial charge < -0.3 is 16.0 Å². The van der Waals surface area contributed by atoms with Crippen LogP contribution in [-0.2, 0) is 9.59 Å². The number of amides is 2. The van der Waals surface area contributed by atoms with Crippen molar-refractivity contribution in [2.75, 3.05) is 17.2 Å². The van der Waals surface area contributed by atoms with Crippen LogP contribution in [0.25, 0.3) is 0 Å². The molecule has 1 saturated carbocycles. The Morgan fingerprint density at radius 3 is 1.81 bits per heavy atom. The highest BCUT2D eigenvalue weighted by Gasteiger charge is 2.41. The van der Waals surface area contributed by atoms with Gasteiger partial charge in [-0.3, -0.25) is 29.8 Å². The molecule has 0 spiro atoms. The van der Waals surface area contributed by atoms with Crippen molar-refractivity contribution in [3.05, 3.63) is 68.8 Å². The third kappa shape index (κ3) is 5.32. The van der Waals surface area contributed by atoms with Gasteiger partial charge in [-0.1, -0.05) is 12.8 Å². The van der Waals surface area contributed by atoms with Crippen LogP contribution in [-0.4, -0.2) is 33.7 Å². The van der Waals surface area contributed by atoms with Gasteiger partial charge in [0.2, 0.25) is 11.8 Å². The smallest absolute Gasteiger partial charge is 0.269 e. The summed E-state index contributed by atoms with van der Waals surface area (Å²) >= 11 is 0. The van der Waals surface area contributed by atoms with E-state index in [1.54, 1.807) is 12.1 Å². The van der Waals surface area contributed by atoms with Gasteiger partial charge >= 0.3 is 0 Å². The topological polar surface area (TPSA) is 157 Å². The maximum atomic E-state index is 12.9. The van der Waals surface area contributed by atoms with E-state index in [-0.39, 0.29) is 23.8 Å². The average molecular weight is 427 g/mol. The fraction of sp³-hybridized carbons (Fsp3) is 0.300. The summed E-state index contributed by atoms with van der Waals surface area (Å²) in [5, 5.41) is 29.9. The molecule has 11 heteroatoms. The fourth-order valence-corrected chi connectivity index (χ4v) is 3.53. The fourth-order valence-electron chi connectivity index (χ4n) is 3.53. The van der Waals surface area contributed by atoms with E-state index in [4.69, 9.17) is 0 Å². The first kappa shape index (κ1) is 21.7. The first-order valence-corrected chi connectivity index (χ1v) is 9.64. The van der Waals surface area contributed by atoms with Crippen LogP contribution in [0.4, 0.5) is 22.7 Å². The summed E-state index contributed by atoms with van der Waals surface area (Å²) < 4.78 is 0. The monoisotopic (exact) mass is 427 g/mol. The standard InChI is InChI=1S/C20H21N5O6/c26-18(22-14-3-7-16(8-4-14)24(28)29)13-21-19(27)20(11-1-2-12-20)23-15-5-9-17(10-6-15)25(30)31/h3-10,23H,1-2,11-13H2,(H,21,27)(H,22,26). The normalized spacial score (nSPS) is 14.5. The highest BCUT2D eigenvalue weighted by molar-refractivity contribution is 5.97. The third-order valence-corrected chi connectivity index (χ3v) is 5.12. The van der Waals surface area contributed by atoms with Crippen molar-refractivity contribution in [2.24, 2.45) is 0 Å². The largest absolute Gasteiger partial charge is 0.371 e. The quantitative estimate of drug-likeness (QED) is 0.432. The van der Waals surface area contributed by atoms with E-state index in [1.807, 2.05) is 0 Å². The van der Waals surface area contributed by atoms with E-state index >= 15 is 0 Å². The Morgan fingerprint density at radius 1 is 0.839 bits per heavy atom. The van der Waals surface area contributed by atoms with Gasteiger partial charge in [0.05, 0.1) is 16.4 Å². The first-order valence-electron chi connectivity index (χ1n) is 9.64. The molecule has 2 aromatic carbocycles. The van der Waals surface area contributed by atoms with Crippen LogP contribution >= 0.6 is 0 Å². The summed E-state index contributed by atoms with van der Waals surface area (Å²) in [5.74, 6) is -0.798. The van der Waals surface area contributed by atoms with Crippen molar-refractivity contribution in [2.45, 2.75) is 31.2 Å². The van der Waals surface area contributed by atoms with Crippen LogP contribution in [0.2, 0.25) is 0 Å². The van der Waals surface area contributed by atoms with Crippen molar-refractivity contribution in [3.63, 3.8) is 0 Å². The molecule has 31 heavy (non-hydrogen) atoms. The minimum Gasteiger partial charge on any atom is -0.371 e. The second-order valence-corrected chi connectivity index (χ2v) is 7.25. The molecule has 1 fully saturated rings. The zero-order valence-electron chi connectivity index (χ0n) is 16.5. The zero-order valence-corrected chi connectivity index (χ0v) is 16.5. The van der Waals surface area contributed by atoms with Gasteiger partial charge in [-0.05, 0) is 37.1 Å². The third-order valence-electron chi connectivity index (χ3n) is 5.12. The van der Waals surface area contributed by atoms with E-state index in [2.05, 4.69) is 16.0 Å². The molecule has 0 atom stereocenters. The molecule has 162 valence electrons. The summed E-state index contributed by atoms with van der Waals surface area (Å²) in [6, 6.07) is 11.2. The number of nitrogens with one attached hydrogen (secondary N) is 3. The number of nitro benzene ring substituents is 2. The van der Waals surface area contributed by atoms with Gasteiger partial charge in [-0.15, -0.1) is 0 Å². The number of rotatable bonds is 8. The van der Waals surface area contributed by atoms with Crippen molar-refractivity contribution < 1.29 is 19.4 Å². The molecule has 0 aromatic heterocycles. The molecule has 0 unspecified atom stereocenters. The molecule has 0 aliphatic heterocycles. The number of nitro groups is 2. The Balaban J connectivity index is 1.59. The maximum absolute atomic E-state index is 12.9. The van der Waals surface area contributed by atoms with E-state index in [0.29, 0.717) is 24.2 Å². The molecular formula is C20H21N5O6.